The van der Waals surface area contributed by atoms with E-state index in [1.54, 1.807) is 6.20 Å². The summed E-state index contributed by atoms with van der Waals surface area (Å²) >= 11 is 0. The van der Waals surface area contributed by atoms with E-state index in [1.165, 1.54) is 6.92 Å². The molecule has 7 heterocycles. The van der Waals surface area contributed by atoms with Crippen molar-refractivity contribution in [3.63, 3.8) is 0 Å². The van der Waals surface area contributed by atoms with E-state index >= 15 is 0 Å². The van der Waals surface area contributed by atoms with Crippen LogP contribution < -0.4 is 10.1 Å². The van der Waals surface area contributed by atoms with E-state index in [0.29, 0.717) is 31.7 Å². The van der Waals surface area contributed by atoms with Gasteiger partial charge in [-0.25, -0.2) is 9.97 Å². The third-order valence-corrected chi connectivity index (χ3v) is 8.25. The second kappa shape index (κ2) is 9.60. The molecule has 4 aliphatic heterocycles. The molecule has 0 bridgehead atoms. The van der Waals surface area contributed by atoms with Crippen LogP contribution in [0.1, 0.15) is 37.4 Å². The van der Waals surface area contributed by atoms with Crippen molar-refractivity contribution >= 4 is 22.6 Å². The number of likely N-dealkylation sites (tertiary alicyclic amines) is 1. The smallest absolute Gasteiger partial charge is 0.222 e. The first-order valence-electron chi connectivity index (χ1n) is 13.6. The van der Waals surface area contributed by atoms with E-state index in [2.05, 4.69) is 26.3 Å². The van der Waals surface area contributed by atoms with Gasteiger partial charge in [-0.3, -0.25) is 9.69 Å². The molecule has 2 N–H and O–H groups in total. The average molecular weight is 520 g/mol. The van der Waals surface area contributed by atoms with Gasteiger partial charge in [-0.2, -0.15) is 0 Å². The maximum atomic E-state index is 11.6. The Morgan fingerprint density at radius 3 is 2.84 bits per heavy atom. The third-order valence-electron chi connectivity index (χ3n) is 8.25. The molecule has 0 aliphatic carbocycles. The molecule has 10 heteroatoms. The number of pyridine rings is 2. The van der Waals surface area contributed by atoms with Gasteiger partial charge < -0.3 is 29.2 Å². The molecule has 1 atom stereocenters. The number of hydrogen-bond acceptors (Lipinski definition) is 8. The Balaban J connectivity index is 1.25. The maximum absolute atomic E-state index is 11.6. The van der Waals surface area contributed by atoms with Gasteiger partial charge in [-0.15, -0.1) is 0 Å². The van der Waals surface area contributed by atoms with E-state index in [4.69, 9.17) is 23.9 Å². The number of aromatic amines is 1. The highest BCUT2D eigenvalue weighted by molar-refractivity contribution is 5.97. The van der Waals surface area contributed by atoms with Crippen LogP contribution in [0.3, 0.4) is 0 Å². The van der Waals surface area contributed by atoms with E-state index in [1.807, 2.05) is 12.3 Å². The van der Waals surface area contributed by atoms with Gasteiger partial charge in [0.2, 0.25) is 5.91 Å². The highest BCUT2D eigenvalue weighted by atomic mass is 16.6. The number of anilines is 1. The molecule has 1 unspecified atom stereocenters. The van der Waals surface area contributed by atoms with Crippen molar-refractivity contribution in [2.75, 3.05) is 51.4 Å². The Kier molecular flexibility index (Phi) is 6.07. The molecule has 38 heavy (non-hydrogen) atoms. The normalized spacial score (nSPS) is 24.4. The maximum Gasteiger partial charge on any atom is 0.222 e. The topological polar surface area (TPSA) is 111 Å². The van der Waals surface area contributed by atoms with Crippen molar-refractivity contribution in [2.24, 2.45) is 0 Å². The summed E-state index contributed by atoms with van der Waals surface area (Å²) in [5.74, 6) is 1.24. The fraction of sp³-hybridized carbons (Fsp3) is 0.536. The number of nitrogens with zero attached hydrogens (tertiary/aromatic N) is 3. The van der Waals surface area contributed by atoms with Crippen molar-refractivity contribution in [3.8, 4) is 17.0 Å². The summed E-state index contributed by atoms with van der Waals surface area (Å²) in [5.41, 5.74) is 4.14. The molecule has 10 nitrogen and oxygen atoms in total. The quantitative estimate of drug-likeness (QED) is 0.529. The first-order valence-corrected chi connectivity index (χ1v) is 13.6. The predicted octanol–water partition coefficient (Wildman–Crippen LogP) is 3.01. The zero-order chi connectivity index (χ0) is 25.7. The van der Waals surface area contributed by atoms with Crippen molar-refractivity contribution < 1.29 is 23.7 Å². The van der Waals surface area contributed by atoms with Gasteiger partial charge in [0.25, 0.3) is 0 Å². The van der Waals surface area contributed by atoms with Crippen LogP contribution in [0.2, 0.25) is 0 Å². The Morgan fingerprint density at radius 2 is 2.05 bits per heavy atom. The number of nitrogens with one attached hydrogen (secondary N) is 2. The molecule has 3 saturated heterocycles. The van der Waals surface area contributed by atoms with Crippen molar-refractivity contribution in [3.05, 3.63) is 35.8 Å². The predicted molar refractivity (Wildman–Crippen MR) is 140 cm³/mol. The molecule has 200 valence electrons. The molecule has 0 aromatic carbocycles. The van der Waals surface area contributed by atoms with Crippen molar-refractivity contribution in [1.29, 1.82) is 0 Å². The lowest BCUT2D eigenvalue weighted by atomic mass is 9.89. The van der Waals surface area contributed by atoms with Gasteiger partial charge in [-0.1, -0.05) is 0 Å². The lowest BCUT2D eigenvalue weighted by molar-refractivity contribution is -0.114. The van der Waals surface area contributed by atoms with Gasteiger partial charge in [0.15, 0.2) is 0 Å². The Bertz CT molecular complexity index is 1360. The van der Waals surface area contributed by atoms with Gasteiger partial charge in [0, 0.05) is 87.5 Å². The number of rotatable bonds is 5. The molecule has 4 aliphatic rings. The average Bonchev–Trinajstić information content (AvgIpc) is 3.54. The highest BCUT2D eigenvalue weighted by Gasteiger charge is 2.45. The van der Waals surface area contributed by atoms with Crippen LogP contribution in [0, 0.1) is 0 Å². The molecule has 7 rings (SSSR count). The summed E-state index contributed by atoms with van der Waals surface area (Å²) in [4.78, 5) is 27.0. The van der Waals surface area contributed by atoms with Crippen molar-refractivity contribution in [2.45, 2.75) is 50.4 Å². The van der Waals surface area contributed by atoms with Crippen LogP contribution >= 0.6 is 0 Å². The summed E-state index contributed by atoms with van der Waals surface area (Å²) < 4.78 is 24.4. The number of fused-ring (bicyclic) bond motifs is 3. The number of carbonyl (C=O) groups excluding carboxylic acids is 1. The lowest BCUT2D eigenvalue weighted by Crippen LogP contribution is -2.58. The Labute approximate surface area is 221 Å². The highest BCUT2D eigenvalue weighted by Crippen LogP contribution is 2.44. The van der Waals surface area contributed by atoms with E-state index in [0.717, 1.165) is 91.2 Å². The second-order valence-corrected chi connectivity index (χ2v) is 10.8. The molecule has 3 aromatic heterocycles. The largest absolute Gasteiger partial charge is 0.487 e. The summed E-state index contributed by atoms with van der Waals surface area (Å²) in [6, 6.07) is 4.55. The first kappa shape index (κ1) is 24.0. The Hall–Kier alpha value is -3.05. The molecular weight excluding hydrogens is 486 g/mol. The molecule has 3 aromatic rings. The summed E-state index contributed by atoms with van der Waals surface area (Å²) in [7, 11) is 0. The van der Waals surface area contributed by atoms with Crippen LogP contribution in [0.5, 0.6) is 5.75 Å². The number of hydrogen-bond donors (Lipinski definition) is 2. The monoisotopic (exact) mass is 519 g/mol. The number of H-pyrrole nitrogens is 1. The van der Waals surface area contributed by atoms with Crippen LogP contribution in [0.15, 0.2) is 24.5 Å². The minimum absolute atomic E-state index is 0.148. The molecular formula is C28H33N5O5. The minimum Gasteiger partial charge on any atom is -0.487 e. The zero-order valence-corrected chi connectivity index (χ0v) is 21.6. The van der Waals surface area contributed by atoms with Crippen LogP contribution in [-0.4, -0.2) is 84.0 Å². The van der Waals surface area contributed by atoms with E-state index in [-0.39, 0.29) is 12.0 Å². The fourth-order valence-corrected chi connectivity index (χ4v) is 6.23. The molecule has 0 saturated carbocycles. The number of aromatic nitrogens is 3. The molecule has 3 fully saturated rings. The number of amides is 1. The number of carbonyl (C=O) groups is 1. The first-order chi connectivity index (χ1) is 18.6. The minimum atomic E-state index is -0.537. The van der Waals surface area contributed by atoms with Crippen LogP contribution in [-0.2, 0) is 31.0 Å². The van der Waals surface area contributed by atoms with E-state index < -0.39 is 5.60 Å². The van der Waals surface area contributed by atoms with Gasteiger partial charge in [-0.05, 0) is 18.9 Å². The Morgan fingerprint density at radius 1 is 1.18 bits per heavy atom. The molecule has 1 spiro atoms. The van der Waals surface area contributed by atoms with Crippen LogP contribution in [0.4, 0.5) is 5.82 Å². The van der Waals surface area contributed by atoms with Gasteiger partial charge in [0.1, 0.15) is 23.3 Å². The van der Waals surface area contributed by atoms with E-state index in [9.17, 15) is 4.79 Å². The zero-order valence-electron chi connectivity index (χ0n) is 21.6. The number of ether oxygens (including phenoxy) is 4. The second-order valence-electron chi connectivity index (χ2n) is 10.8. The third kappa shape index (κ3) is 4.25. The molecule has 1 amide bonds. The van der Waals surface area contributed by atoms with Gasteiger partial charge >= 0.3 is 0 Å². The molecule has 0 radical (unpaired) electrons. The summed E-state index contributed by atoms with van der Waals surface area (Å²) in [6.07, 6.45) is 7.56. The summed E-state index contributed by atoms with van der Waals surface area (Å²) in [5, 5.41) is 3.72. The lowest BCUT2D eigenvalue weighted by Gasteiger charge is -2.45. The van der Waals surface area contributed by atoms with Crippen LogP contribution in [0.25, 0.3) is 22.2 Å². The van der Waals surface area contributed by atoms with Crippen molar-refractivity contribution in [1.82, 2.24) is 19.9 Å². The fourth-order valence-electron chi connectivity index (χ4n) is 6.23. The van der Waals surface area contributed by atoms with Gasteiger partial charge in [0.05, 0.1) is 36.3 Å². The standard InChI is InChI=1S/C28H33N5O5/c1-17(34)31-26-10-21-22(12-29-24(21)13-30-26)23-11-25(38-19-14-33(15-19)18-2-6-35-7-3-18)20-4-8-37-28(27(20)32-23)5-9-36-16-28/h10-13,18-19,29H,2-9,14-16H2,1H3,(H,30,31,34). The summed E-state index contributed by atoms with van der Waals surface area (Å²) in [6.45, 7) is 6.83. The SMILES string of the molecule is CC(=O)Nc1cc2c(-c3cc(OC4CN(C5CCOCC5)C4)c4c(n3)C3(CCOC3)OCC4)c[nH]c2cn1.